The number of carbonyl (C=O) groups excluding carboxylic acids is 1. The summed E-state index contributed by atoms with van der Waals surface area (Å²) in [5.41, 5.74) is -0.128. The molecular formula is C25H25ClF3N7O3. The molecule has 0 aliphatic heterocycles. The lowest BCUT2D eigenvalue weighted by Crippen LogP contribution is -2.37. The van der Waals surface area contributed by atoms with E-state index in [9.17, 15) is 27.9 Å². The molecule has 0 radical (unpaired) electrons. The SMILES string of the molecule is CC(C)(C)C(=O)Cc1ncccc1-n1cnc(Cn2nc(-c3ccc(Cl)cc3)n(C[C@H](O)C(F)(F)F)c2=O)n1. The third-order valence-corrected chi connectivity index (χ3v) is 6.12. The van der Waals surface area contributed by atoms with Crippen molar-refractivity contribution in [3.8, 4) is 17.1 Å². The Bertz CT molecular complexity index is 1540. The molecule has 4 aromatic rings. The maximum atomic E-state index is 13.1. The molecule has 1 aromatic carbocycles. The van der Waals surface area contributed by atoms with E-state index in [0.29, 0.717) is 22.0 Å². The van der Waals surface area contributed by atoms with Gasteiger partial charge in [0.1, 0.15) is 18.7 Å². The van der Waals surface area contributed by atoms with Crippen molar-refractivity contribution in [3.63, 3.8) is 0 Å². The molecule has 3 heterocycles. The van der Waals surface area contributed by atoms with E-state index in [1.54, 1.807) is 18.3 Å². The van der Waals surface area contributed by atoms with Crippen LogP contribution in [0.3, 0.4) is 0 Å². The topological polar surface area (TPSA) is 121 Å². The summed E-state index contributed by atoms with van der Waals surface area (Å²) in [5, 5.41) is 18.6. The van der Waals surface area contributed by atoms with E-state index in [4.69, 9.17) is 11.6 Å². The minimum absolute atomic E-state index is 0.0179. The van der Waals surface area contributed by atoms with Crippen LogP contribution in [0.15, 0.2) is 53.7 Å². The lowest BCUT2D eigenvalue weighted by atomic mass is 9.88. The van der Waals surface area contributed by atoms with E-state index in [2.05, 4.69) is 20.2 Å². The van der Waals surface area contributed by atoms with Gasteiger partial charge in [0.25, 0.3) is 0 Å². The molecule has 1 N–H and O–H groups in total. The van der Waals surface area contributed by atoms with Crippen molar-refractivity contribution in [3.05, 3.63) is 75.9 Å². The molecule has 0 unspecified atom stereocenters. The molecule has 0 spiro atoms. The number of nitrogens with zero attached hydrogens (tertiary/aromatic N) is 7. The maximum Gasteiger partial charge on any atom is 0.416 e. The number of carbonyl (C=O) groups is 1. The Kier molecular flexibility index (Phi) is 7.75. The van der Waals surface area contributed by atoms with Gasteiger partial charge in [0, 0.05) is 22.2 Å². The van der Waals surface area contributed by atoms with Gasteiger partial charge in [-0.1, -0.05) is 32.4 Å². The highest BCUT2D eigenvalue weighted by Gasteiger charge is 2.39. The van der Waals surface area contributed by atoms with Crippen LogP contribution in [0, 0.1) is 5.41 Å². The van der Waals surface area contributed by atoms with Gasteiger partial charge in [-0.25, -0.2) is 19.1 Å². The van der Waals surface area contributed by atoms with Crippen LogP contribution in [0.1, 0.15) is 32.3 Å². The molecule has 0 saturated carbocycles. The third-order valence-electron chi connectivity index (χ3n) is 5.87. The number of pyridine rings is 1. The average molecular weight is 564 g/mol. The van der Waals surface area contributed by atoms with Gasteiger partial charge in [0.05, 0.1) is 24.3 Å². The molecule has 0 aliphatic carbocycles. The maximum absolute atomic E-state index is 13.1. The summed E-state index contributed by atoms with van der Waals surface area (Å²) < 4.78 is 42.3. The second-order valence-corrected chi connectivity index (χ2v) is 10.3. The van der Waals surface area contributed by atoms with E-state index < -0.39 is 29.9 Å². The van der Waals surface area contributed by atoms with E-state index in [1.165, 1.54) is 35.3 Å². The normalized spacial score (nSPS) is 13.0. The summed E-state index contributed by atoms with van der Waals surface area (Å²) in [4.78, 5) is 34.2. The van der Waals surface area contributed by atoms with Crippen LogP contribution in [0.25, 0.3) is 17.1 Å². The molecule has 10 nitrogen and oxygen atoms in total. The van der Waals surface area contributed by atoms with Crippen LogP contribution < -0.4 is 5.69 Å². The van der Waals surface area contributed by atoms with Crippen molar-refractivity contribution in [1.29, 1.82) is 0 Å². The van der Waals surface area contributed by atoms with Crippen LogP contribution in [0.2, 0.25) is 5.02 Å². The van der Waals surface area contributed by atoms with Gasteiger partial charge in [-0.05, 0) is 36.4 Å². The molecule has 0 saturated heterocycles. The number of aromatic nitrogens is 7. The molecule has 0 fully saturated rings. The molecule has 206 valence electrons. The summed E-state index contributed by atoms with van der Waals surface area (Å²) in [5.74, 6) is 0.0306. The highest BCUT2D eigenvalue weighted by molar-refractivity contribution is 6.30. The van der Waals surface area contributed by atoms with Crippen LogP contribution in [-0.2, 0) is 24.3 Å². The van der Waals surface area contributed by atoms with E-state index in [-0.39, 0.29) is 30.4 Å². The number of ketones is 1. The van der Waals surface area contributed by atoms with Gasteiger partial charge in [-0.15, -0.1) is 10.2 Å². The first kappa shape index (κ1) is 28.2. The van der Waals surface area contributed by atoms with Crippen molar-refractivity contribution < 1.29 is 23.1 Å². The summed E-state index contributed by atoms with van der Waals surface area (Å²) in [7, 11) is 0. The van der Waals surface area contributed by atoms with E-state index in [1.807, 2.05) is 20.8 Å². The zero-order valence-corrected chi connectivity index (χ0v) is 22.0. The van der Waals surface area contributed by atoms with E-state index >= 15 is 0 Å². The fourth-order valence-electron chi connectivity index (χ4n) is 3.61. The van der Waals surface area contributed by atoms with E-state index in [0.717, 1.165) is 9.25 Å². The Balaban J connectivity index is 1.67. The Morgan fingerprint density at radius 3 is 2.41 bits per heavy atom. The fourth-order valence-corrected chi connectivity index (χ4v) is 3.73. The Hall–Kier alpha value is -3.84. The first-order valence-corrected chi connectivity index (χ1v) is 12.2. The van der Waals surface area contributed by atoms with Crippen molar-refractivity contribution >= 4 is 17.4 Å². The predicted octanol–water partition coefficient (Wildman–Crippen LogP) is 3.47. The molecule has 0 bridgehead atoms. The second-order valence-electron chi connectivity index (χ2n) is 9.86. The van der Waals surface area contributed by atoms with Gasteiger partial charge in [0.2, 0.25) is 0 Å². The number of Topliss-reactive ketones (excluding diaryl/α,β-unsaturated/α-hetero) is 1. The van der Waals surface area contributed by atoms with Crippen LogP contribution in [-0.4, -0.2) is 57.3 Å². The average Bonchev–Trinajstić information content (AvgIpc) is 3.44. The zero-order valence-electron chi connectivity index (χ0n) is 21.2. The standard InChI is InChI=1S/C25H25ClF3N7O3/c1-24(2,3)19(37)11-17-18(5-4-10-30-17)36-14-31-21(32-36)13-35-23(39)34(12-20(38)25(27,28)29)22(33-35)15-6-8-16(26)9-7-15/h4-10,14,20,38H,11-13H2,1-3H3/t20-/m0/s1. The second kappa shape index (κ2) is 10.7. The molecular weight excluding hydrogens is 539 g/mol. The zero-order chi connectivity index (χ0) is 28.5. The fraction of sp³-hybridized carbons (Fsp3) is 0.360. The summed E-state index contributed by atoms with van der Waals surface area (Å²) in [6.45, 7) is 4.12. The number of benzene rings is 1. The van der Waals surface area contributed by atoms with Gasteiger partial charge in [-0.3, -0.25) is 14.3 Å². The van der Waals surface area contributed by atoms with Crippen molar-refractivity contribution in [2.75, 3.05) is 0 Å². The van der Waals surface area contributed by atoms with Crippen molar-refractivity contribution in [2.45, 2.75) is 52.6 Å². The Morgan fingerprint density at radius 2 is 1.77 bits per heavy atom. The number of hydrogen-bond acceptors (Lipinski definition) is 7. The predicted molar refractivity (Wildman–Crippen MR) is 135 cm³/mol. The molecule has 39 heavy (non-hydrogen) atoms. The number of halogens is 4. The number of alkyl halides is 3. The summed E-state index contributed by atoms with van der Waals surface area (Å²) in [6, 6.07) is 9.41. The molecule has 14 heteroatoms. The van der Waals surface area contributed by atoms with Crippen LogP contribution in [0.4, 0.5) is 13.2 Å². The minimum Gasteiger partial charge on any atom is -0.382 e. The summed E-state index contributed by atoms with van der Waals surface area (Å²) >= 11 is 5.92. The lowest BCUT2D eigenvalue weighted by molar-refractivity contribution is -0.207. The molecule has 1 atom stereocenters. The number of hydrogen-bond donors (Lipinski definition) is 1. The molecule has 0 aliphatic rings. The Morgan fingerprint density at radius 1 is 1.08 bits per heavy atom. The first-order chi connectivity index (χ1) is 18.2. The first-order valence-electron chi connectivity index (χ1n) is 11.8. The molecule has 0 amide bonds. The van der Waals surface area contributed by atoms with Crippen molar-refractivity contribution in [2.24, 2.45) is 5.41 Å². The highest BCUT2D eigenvalue weighted by atomic mass is 35.5. The van der Waals surface area contributed by atoms with Gasteiger partial charge in [-0.2, -0.15) is 13.2 Å². The van der Waals surface area contributed by atoms with Crippen molar-refractivity contribution in [1.82, 2.24) is 34.1 Å². The number of aliphatic hydroxyl groups is 1. The smallest absolute Gasteiger partial charge is 0.382 e. The number of rotatable bonds is 8. The monoisotopic (exact) mass is 563 g/mol. The van der Waals surface area contributed by atoms with Crippen LogP contribution >= 0.6 is 11.6 Å². The molecule has 4 rings (SSSR count). The molecule has 3 aromatic heterocycles. The summed E-state index contributed by atoms with van der Waals surface area (Å²) in [6.07, 6.45) is -4.70. The highest BCUT2D eigenvalue weighted by Crippen LogP contribution is 2.24. The third kappa shape index (κ3) is 6.42. The van der Waals surface area contributed by atoms with Gasteiger partial charge >= 0.3 is 11.9 Å². The quantitative estimate of drug-likeness (QED) is 0.348. The minimum atomic E-state index is -4.94. The lowest BCUT2D eigenvalue weighted by Gasteiger charge is -2.17. The largest absolute Gasteiger partial charge is 0.416 e. The number of aliphatic hydroxyl groups excluding tert-OH is 1. The van der Waals surface area contributed by atoms with Gasteiger partial charge < -0.3 is 5.11 Å². The van der Waals surface area contributed by atoms with Gasteiger partial charge in [0.15, 0.2) is 17.8 Å². The van der Waals surface area contributed by atoms with Crippen LogP contribution in [0.5, 0.6) is 0 Å². The Labute approximate surface area is 225 Å².